The van der Waals surface area contributed by atoms with Gasteiger partial charge in [0.25, 0.3) is 0 Å². The van der Waals surface area contributed by atoms with Crippen LogP contribution in [0.15, 0.2) is 18.2 Å². The number of hydrogen-bond donors (Lipinski definition) is 3. The van der Waals surface area contributed by atoms with Gasteiger partial charge >= 0.3 is 6.03 Å². The van der Waals surface area contributed by atoms with E-state index in [0.29, 0.717) is 6.04 Å². The number of nitrogen functional groups attached to an aromatic ring is 1. The molecule has 2 aliphatic carbocycles. The molecule has 3 rings (SSSR count). The molecule has 1 fully saturated rings. The fourth-order valence-corrected chi connectivity index (χ4v) is 2.92. The number of nitrogens with two attached hydrogens (primary N) is 1. The van der Waals surface area contributed by atoms with E-state index in [1.807, 2.05) is 12.1 Å². The summed E-state index contributed by atoms with van der Waals surface area (Å²) in [5.41, 5.74) is 9.13. The summed E-state index contributed by atoms with van der Waals surface area (Å²) in [5, 5.41) is 6.13. The predicted octanol–water partition coefficient (Wildman–Crippen LogP) is 2.50. The number of amides is 2. The molecule has 2 amide bonds. The van der Waals surface area contributed by atoms with Gasteiger partial charge in [-0.1, -0.05) is 6.07 Å². The Labute approximate surface area is 113 Å². The monoisotopic (exact) mass is 259 g/mol. The van der Waals surface area contributed by atoms with Crippen LogP contribution in [-0.4, -0.2) is 12.1 Å². The van der Waals surface area contributed by atoms with Gasteiger partial charge < -0.3 is 16.4 Å². The Morgan fingerprint density at radius 3 is 2.74 bits per heavy atom. The lowest BCUT2D eigenvalue weighted by molar-refractivity contribution is 0.223. The minimum atomic E-state index is -0.0284. The third-order valence-corrected chi connectivity index (χ3v) is 4.23. The summed E-state index contributed by atoms with van der Waals surface area (Å²) in [6.45, 7) is 0. The average molecular weight is 259 g/mol. The summed E-state index contributed by atoms with van der Waals surface area (Å²) < 4.78 is 0. The first-order valence-electron chi connectivity index (χ1n) is 7.18. The van der Waals surface area contributed by atoms with Crippen LogP contribution in [0.25, 0.3) is 0 Å². The molecule has 1 aromatic carbocycles. The molecule has 0 aliphatic heterocycles. The lowest BCUT2D eigenvalue weighted by Gasteiger charge is -2.30. The van der Waals surface area contributed by atoms with Gasteiger partial charge in [-0.25, -0.2) is 4.79 Å². The number of anilines is 1. The number of aryl methyl sites for hydroxylation is 1. The van der Waals surface area contributed by atoms with Crippen molar-refractivity contribution in [2.24, 2.45) is 0 Å². The van der Waals surface area contributed by atoms with Crippen LogP contribution in [0.1, 0.15) is 49.3 Å². The Kier molecular flexibility index (Phi) is 3.32. The van der Waals surface area contributed by atoms with Gasteiger partial charge in [-0.05, 0) is 61.8 Å². The molecule has 1 saturated carbocycles. The van der Waals surface area contributed by atoms with E-state index in [9.17, 15) is 4.79 Å². The molecule has 0 saturated heterocycles. The minimum absolute atomic E-state index is 0.0284. The Morgan fingerprint density at radius 1 is 1.16 bits per heavy atom. The molecule has 1 atom stereocenters. The second-order valence-corrected chi connectivity index (χ2v) is 5.65. The zero-order valence-corrected chi connectivity index (χ0v) is 11.1. The molecule has 1 unspecified atom stereocenters. The molecule has 0 heterocycles. The van der Waals surface area contributed by atoms with Crippen molar-refractivity contribution >= 4 is 11.7 Å². The molecule has 2 aliphatic rings. The van der Waals surface area contributed by atoms with Crippen molar-refractivity contribution in [2.75, 3.05) is 5.73 Å². The summed E-state index contributed by atoms with van der Waals surface area (Å²) >= 11 is 0. The number of carbonyl (C=O) groups excluding carboxylic acids is 1. The van der Waals surface area contributed by atoms with Crippen molar-refractivity contribution in [2.45, 2.75) is 50.6 Å². The lowest BCUT2D eigenvalue weighted by atomic mass is 9.87. The van der Waals surface area contributed by atoms with E-state index >= 15 is 0 Å². The van der Waals surface area contributed by atoms with Crippen LogP contribution in [0, 0.1) is 0 Å². The maximum atomic E-state index is 11.9. The van der Waals surface area contributed by atoms with E-state index in [4.69, 9.17) is 5.73 Å². The number of fused-ring (bicyclic) bond motifs is 1. The summed E-state index contributed by atoms with van der Waals surface area (Å²) in [7, 11) is 0. The summed E-state index contributed by atoms with van der Waals surface area (Å²) in [5.74, 6) is 0. The van der Waals surface area contributed by atoms with Gasteiger partial charge in [0.05, 0.1) is 6.04 Å². The first kappa shape index (κ1) is 12.3. The zero-order chi connectivity index (χ0) is 13.2. The molecule has 0 spiro atoms. The van der Waals surface area contributed by atoms with Crippen molar-refractivity contribution < 1.29 is 4.79 Å². The van der Waals surface area contributed by atoms with Crippen molar-refractivity contribution in [3.8, 4) is 0 Å². The molecule has 0 bridgehead atoms. The van der Waals surface area contributed by atoms with Crippen LogP contribution < -0.4 is 16.4 Å². The third-order valence-electron chi connectivity index (χ3n) is 4.23. The van der Waals surface area contributed by atoms with E-state index in [1.54, 1.807) is 0 Å². The zero-order valence-electron chi connectivity index (χ0n) is 11.1. The summed E-state index contributed by atoms with van der Waals surface area (Å²) in [6.07, 6.45) is 6.63. The molecule has 0 radical (unpaired) electrons. The molecule has 0 aromatic heterocycles. The van der Waals surface area contributed by atoms with Gasteiger partial charge in [0.2, 0.25) is 0 Å². The second kappa shape index (κ2) is 5.11. The van der Waals surface area contributed by atoms with Gasteiger partial charge in [0, 0.05) is 11.7 Å². The van der Waals surface area contributed by atoms with Crippen LogP contribution in [0.3, 0.4) is 0 Å². The Bertz CT molecular complexity index is 482. The van der Waals surface area contributed by atoms with Gasteiger partial charge in [0.15, 0.2) is 0 Å². The molecular formula is C15H21N3O. The first-order valence-corrected chi connectivity index (χ1v) is 7.18. The van der Waals surface area contributed by atoms with Crippen molar-refractivity contribution in [3.05, 3.63) is 29.3 Å². The van der Waals surface area contributed by atoms with Gasteiger partial charge in [0.1, 0.15) is 0 Å². The summed E-state index contributed by atoms with van der Waals surface area (Å²) in [4.78, 5) is 11.9. The molecule has 4 heteroatoms. The normalized spacial score (nSPS) is 22.2. The number of hydrogen-bond acceptors (Lipinski definition) is 2. The number of rotatable bonds is 2. The molecule has 1 aromatic rings. The van der Waals surface area contributed by atoms with E-state index in [0.717, 1.165) is 37.8 Å². The highest BCUT2D eigenvalue weighted by Crippen LogP contribution is 2.31. The maximum absolute atomic E-state index is 11.9. The largest absolute Gasteiger partial charge is 0.399 e. The molecule has 4 N–H and O–H groups in total. The molecule has 19 heavy (non-hydrogen) atoms. The van der Waals surface area contributed by atoms with Crippen LogP contribution in [0.2, 0.25) is 0 Å². The van der Waals surface area contributed by atoms with Gasteiger partial charge in [-0.2, -0.15) is 0 Å². The maximum Gasteiger partial charge on any atom is 0.315 e. The minimum Gasteiger partial charge on any atom is -0.399 e. The van der Waals surface area contributed by atoms with Crippen LogP contribution >= 0.6 is 0 Å². The number of urea groups is 1. The fourth-order valence-electron chi connectivity index (χ4n) is 2.92. The Balaban J connectivity index is 1.67. The van der Waals surface area contributed by atoms with E-state index in [-0.39, 0.29) is 12.1 Å². The number of benzene rings is 1. The fraction of sp³-hybridized carbons (Fsp3) is 0.533. The smallest absolute Gasteiger partial charge is 0.315 e. The molecular weight excluding hydrogens is 238 g/mol. The molecule has 4 nitrogen and oxygen atoms in total. The second-order valence-electron chi connectivity index (χ2n) is 5.65. The van der Waals surface area contributed by atoms with Crippen molar-refractivity contribution in [1.29, 1.82) is 0 Å². The predicted molar refractivity (Wildman–Crippen MR) is 75.8 cm³/mol. The van der Waals surface area contributed by atoms with Gasteiger partial charge in [-0.15, -0.1) is 0 Å². The van der Waals surface area contributed by atoms with Crippen LogP contribution in [-0.2, 0) is 6.42 Å². The third kappa shape index (κ3) is 2.67. The Hall–Kier alpha value is -1.71. The van der Waals surface area contributed by atoms with E-state index in [1.165, 1.54) is 17.5 Å². The lowest BCUT2D eigenvalue weighted by Crippen LogP contribution is -2.46. The molecule has 102 valence electrons. The van der Waals surface area contributed by atoms with Crippen molar-refractivity contribution in [1.82, 2.24) is 10.6 Å². The summed E-state index contributed by atoms with van der Waals surface area (Å²) in [6, 6.07) is 6.49. The van der Waals surface area contributed by atoms with E-state index in [2.05, 4.69) is 16.7 Å². The highest BCUT2D eigenvalue weighted by Gasteiger charge is 2.24. The average Bonchev–Trinajstić information content (AvgIpc) is 2.34. The number of nitrogens with one attached hydrogen (secondary N) is 2. The van der Waals surface area contributed by atoms with Gasteiger partial charge in [-0.3, -0.25) is 0 Å². The standard InChI is InChI=1S/C15H21N3O/c16-11-7-8-13-10(9-11)3-1-6-14(13)18-15(19)17-12-4-2-5-12/h7-9,12,14H,1-6,16H2,(H2,17,18,19). The Morgan fingerprint density at radius 2 is 2.00 bits per heavy atom. The first-order chi connectivity index (χ1) is 9.22. The highest BCUT2D eigenvalue weighted by molar-refractivity contribution is 5.75. The number of carbonyl (C=O) groups is 1. The highest BCUT2D eigenvalue weighted by atomic mass is 16.2. The van der Waals surface area contributed by atoms with E-state index < -0.39 is 0 Å². The van der Waals surface area contributed by atoms with Crippen LogP contribution in [0.4, 0.5) is 10.5 Å². The van der Waals surface area contributed by atoms with Crippen molar-refractivity contribution in [3.63, 3.8) is 0 Å². The SMILES string of the molecule is Nc1ccc2c(c1)CCCC2NC(=O)NC1CCC1. The van der Waals surface area contributed by atoms with Crippen LogP contribution in [0.5, 0.6) is 0 Å². The topological polar surface area (TPSA) is 67.1 Å². The quantitative estimate of drug-likeness (QED) is 0.714.